The van der Waals surface area contributed by atoms with Crippen LogP contribution in [0.4, 0.5) is 0 Å². The second kappa shape index (κ2) is 14.5. The number of amides is 1. The molecule has 0 radical (unpaired) electrons. The van der Waals surface area contributed by atoms with E-state index in [0.717, 1.165) is 12.8 Å². The summed E-state index contributed by atoms with van der Waals surface area (Å²) in [5.74, 6) is 0.393. The number of aliphatic carboxylic acids is 1. The number of halogens is 1. The van der Waals surface area contributed by atoms with Gasteiger partial charge in [0.25, 0.3) is 0 Å². The fourth-order valence-corrected chi connectivity index (χ4v) is 5.96. The van der Waals surface area contributed by atoms with E-state index in [4.69, 9.17) is 16.7 Å². The predicted molar refractivity (Wildman–Crippen MR) is 144 cm³/mol. The first-order valence-electron chi connectivity index (χ1n) is 11.5. The van der Waals surface area contributed by atoms with Crippen molar-refractivity contribution in [2.75, 3.05) is 13.1 Å². The molecule has 5 unspecified atom stereocenters. The van der Waals surface area contributed by atoms with E-state index in [0.29, 0.717) is 30.3 Å². The average Bonchev–Trinajstić information content (AvgIpc) is 2.71. The molecular weight excluding hydrogens is 476 g/mol. The summed E-state index contributed by atoms with van der Waals surface area (Å²) >= 11 is 9.62. The lowest BCUT2D eigenvalue weighted by atomic mass is 9.69. The summed E-state index contributed by atoms with van der Waals surface area (Å²) in [5, 5.41) is 9.86. The predicted octanol–water partition coefficient (Wildman–Crippen LogP) is 6.32. The lowest BCUT2D eigenvalue weighted by Crippen LogP contribution is -2.42. The van der Waals surface area contributed by atoms with Crippen LogP contribution >= 0.6 is 35.3 Å². The summed E-state index contributed by atoms with van der Waals surface area (Å²) in [4.78, 5) is 26.1. The number of carbonyl (C=O) groups excluding carboxylic acids is 1. The maximum Gasteiger partial charge on any atom is 0.316 e. The Kier molecular flexibility index (Phi) is 13.2. The van der Waals surface area contributed by atoms with Gasteiger partial charge in [0.1, 0.15) is 5.25 Å². The Balaban J connectivity index is 2.68. The Morgan fingerprint density at radius 2 is 2.06 bits per heavy atom. The standard InChI is InChI=1S/C25H41ClN2O3S2/c1-8-10-23(27-33-20-11-12-21(17(2)15-20)25(5,6)7)22(26)16-28(19(4)29)13-9-14-32-18(3)24(30)31/h8-11,14,17-18,21-23,27H,12-13,15-16H2,1-7H3,(H,30,31)/b10-8-,14-9-. The highest BCUT2D eigenvalue weighted by Crippen LogP contribution is 2.43. The maximum absolute atomic E-state index is 12.1. The van der Waals surface area contributed by atoms with Gasteiger partial charge in [-0.3, -0.25) is 14.3 Å². The van der Waals surface area contributed by atoms with E-state index < -0.39 is 11.2 Å². The molecule has 1 aliphatic carbocycles. The van der Waals surface area contributed by atoms with Crippen LogP contribution in [0.5, 0.6) is 0 Å². The van der Waals surface area contributed by atoms with Crippen LogP contribution < -0.4 is 4.72 Å². The molecule has 188 valence electrons. The van der Waals surface area contributed by atoms with Gasteiger partial charge in [-0.05, 0) is 66.2 Å². The van der Waals surface area contributed by atoms with E-state index in [2.05, 4.69) is 38.5 Å². The topological polar surface area (TPSA) is 69.6 Å². The van der Waals surface area contributed by atoms with Crippen molar-refractivity contribution in [3.05, 3.63) is 34.6 Å². The molecule has 0 bridgehead atoms. The van der Waals surface area contributed by atoms with Crippen molar-refractivity contribution in [1.29, 1.82) is 0 Å². The molecule has 0 saturated heterocycles. The summed E-state index contributed by atoms with van der Waals surface area (Å²) in [5.41, 5.74) is 0.309. The molecule has 0 aromatic heterocycles. The Morgan fingerprint density at radius 3 is 2.58 bits per heavy atom. The molecule has 33 heavy (non-hydrogen) atoms. The van der Waals surface area contributed by atoms with E-state index in [9.17, 15) is 9.59 Å². The van der Waals surface area contributed by atoms with Gasteiger partial charge in [0.15, 0.2) is 0 Å². The number of thioether (sulfide) groups is 1. The van der Waals surface area contributed by atoms with Crippen molar-refractivity contribution in [2.45, 2.75) is 78.0 Å². The Bertz CT molecular complexity index is 734. The van der Waals surface area contributed by atoms with Gasteiger partial charge in [-0.2, -0.15) is 0 Å². The van der Waals surface area contributed by atoms with E-state index in [-0.39, 0.29) is 17.3 Å². The molecule has 5 atom stereocenters. The highest BCUT2D eigenvalue weighted by molar-refractivity contribution is 8.03. The number of carbonyl (C=O) groups is 2. The zero-order valence-electron chi connectivity index (χ0n) is 21.0. The minimum Gasteiger partial charge on any atom is -0.480 e. The maximum atomic E-state index is 12.1. The zero-order chi connectivity index (χ0) is 25.2. The molecule has 5 nitrogen and oxygen atoms in total. The molecule has 1 rings (SSSR count). The number of carboxylic acids is 1. The normalized spacial score (nSPS) is 22.2. The van der Waals surface area contributed by atoms with Gasteiger partial charge in [-0.15, -0.1) is 23.4 Å². The largest absolute Gasteiger partial charge is 0.480 e. The second-order valence-corrected chi connectivity index (χ2v) is 12.5. The molecule has 1 amide bonds. The van der Waals surface area contributed by atoms with Crippen molar-refractivity contribution in [3.63, 3.8) is 0 Å². The molecule has 0 saturated carbocycles. The molecule has 0 heterocycles. The molecule has 8 heteroatoms. The SMILES string of the molecule is C/C=C\C(NSC1=CCC(C(C)(C)C)C(C)C1)C(Cl)CN(C/C=C\SC(C)C(=O)O)C(C)=O. The highest BCUT2D eigenvalue weighted by Gasteiger charge is 2.32. The monoisotopic (exact) mass is 516 g/mol. The second-order valence-electron chi connectivity index (χ2n) is 9.76. The van der Waals surface area contributed by atoms with Gasteiger partial charge in [0.05, 0.1) is 11.4 Å². The lowest BCUT2D eigenvalue weighted by molar-refractivity contribution is -0.136. The van der Waals surface area contributed by atoms with Gasteiger partial charge in [0.2, 0.25) is 5.91 Å². The third-order valence-corrected chi connectivity index (χ3v) is 8.28. The van der Waals surface area contributed by atoms with Crippen LogP contribution in [0.3, 0.4) is 0 Å². The highest BCUT2D eigenvalue weighted by atomic mass is 35.5. The van der Waals surface area contributed by atoms with Crippen LogP contribution in [0, 0.1) is 17.3 Å². The van der Waals surface area contributed by atoms with Gasteiger partial charge in [0, 0.05) is 20.0 Å². The third kappa shape index (κ3) is 10.9. The van der Waals surface area contributed by atoms with Gasteiger partial charge >= 0.3 is 5.97 Å². The van der Waals surface area contributed by atoms with Crippen LogP contribution in [0.15, 0.2) is 34.6 Å². The number of alkyl halides is 1. The number of hydrogen-bond acceptors (Lipinski definition) is 5. The molecule has 0 fully saturated rings. The van der Waals surface area contributed by atoms with Crippen molar-refractivity contribution in [1.82, 2.24) is 9.62 Å². The summed E-state index contributed by atoms with van der Waals surface area (Å²) in [6.07, 6.45) is 10.3. The smallest absolute Gasteiger partial charge is 0.316 e. The minimum atomic E-state index is -0.858. The number of rotatable bonds is 12. The number of nitrogens with zero attached hydrogens (tertiary/aromatic N) is 1. The first-order valence-corrected chi connectivity index (χ1v) is 13.7. The fourth-order valence-electron chi connectivity index (χ4n) is 3.97. The number of carboxylic acid groups (broad SMARTS) is 1. The summed E-state index contributed by atoms with van der Waals surface area (Å²) < 4.78 is 3.51. The number of hydrogen-bond donors (Lipinski definition) is 2. The summed E-state index contributed by atoms with van der Waals surface area (Å²) in [6.45, 7) is 15.2. The summed E-state index contributed by atoms with van der Waals surface area (Å²) in [6, 6.07) is -0.0922. The lowest BCUT2D eigenvalue weighted by Gasteiger charge is -2.38. The van der Waals surface area contributed by atoms with Crippen molar-refractivity contribution >= 4 is 47.2 Å². The molecule has 2 N–H and O–H groups in total. The third-order valence-electron chi connectivity index (χ3n) is 5.93. The minimum absolute atomic E-state index is 0.0644. The Morgan fingerprint density at radius 1 is 1.39 bits per heavy atom. The summed E-state index contributed by atoms with van der Waals surface area (Å²) in [7, 11) is 0. The molecule has 1 aliphatic rings. The van der Waals surface area contributed by atoms with Crippen LogP contribution in [-0.2, 0) is 9.59 Å². The van der Waals surface area contributed by atoms with E-state index in [1.54, 1.807) is 29.2 Å². The number of nitrogens with one attached hydrogen (secondary N) is 1. The first kappa shape index (κ1) is 30.1. The Labute approximate surface area is 214 Å². The molecule has 0 aliphatic heterocycles. The van der Waals surface area contributed by atoms with Crippen LogP contribution in [0.25, 0.3) is 0 Å². The van der Waals surface area contributed by atoms with Crippen LogP contribution in [0.1, 0.15) is 61.3 Å². The van der Waals surface area contributed by atoms with Gasteiger partial charge in [-0.1, -0.05) is 52.0 Å². The van der Waals surface area contributed by atoms with Gasteiger partial charge in [-0.25, -0.2) is 0 Å². The van der Waals surface area contributed by atoms with Gasteiger partial charge < -0.3 is 10.0 Å². The van der Waals surface area contributed by atoms with Crippen molar-refractivity contribution < 1.29 is 14.7 Å². The zero-order valence-corrected chi connectivity index (χ0v) is 23.4. The molecule has 0 aromatic rings. The van der Waals surface area contributed by atoms with Crippen LogP contribution in [-0.4, -0.2) is 51.6 Å². The molecule has 0 spiro atoms. The molecule has 0 aromatic carbocycles. The van der Waals surface area contributed by atoms with E-state index >= 15 is 0 Å². The molecular formula is C25H41ClN2O3S2. The van der Waals surface area contributed by atoms with E-state index in [1.807, 2.05) is 25.2 Å². The van der Waals surface area contributed by atoms with Crippen molar-refractivity contribution in [2.24, 2.45) is 17.3 Å². The quantitative estimate of drug-likeness (QED) is 0.180. The fraction of sp³-hybridized carbons (Fsp3) is 0.680. The Hall–Kier alpha value is -0.890. The van der Waals surface area contributed by atoms with E-state index in [1.165, 1.54) is 23.6 Å². The van der Waals surface area contributed by atoms with Crippen molar-refractivity contribution in [3.8, 4) is 0 Å². The average molecular weight is 517 g/mol. The van der Waals surface area contributed by atoms with Crippen LogP contribution in [0.2, 0.25) is 0 Å². The number of allylic oxidation sites excluding steroid dienone is 3. The first-order chi connectivity index (χ1) is 15.4.